The van der Waals surface area contributed by atoms with E-state index >= 15 is 0 Å². The molecule has 0 bridgehead atoms. The second kappa shape index (κ2) is 8.72. The van der Waals surface area contributed by atoms with Gasteiger partial charge in [-0.05, 0) is 54.9 Å². The van der Waals surface area contributed by atoms with Gasteiger partial charge in [0, 0.05) is 26.0 Å². The second-order valence-electron chi connectivity index (χ2n) is 6.17. The number of allylic oxidation sites excluding steroid dienone is 1. The van der Waals surface area contributed by atoms with Crippen LogP contribution in [0.5, 0.6) is 0 Å². The topological polar surface area (TPSA) is 15.6 Å². The predicted molar refractivity (Wildman–Crippen MR) is 94.2 cm³/mol. The Morgan fingerprint density at radius 1 is 0.783 bits per heavy atom. The van der Waals surface area contributed by atoms with E-state index in [1.807, 2.05) is 39.2 Å². The molecule has 0 aromatic carbocycles. The molecule has 2 aliphatic carbocycles. The molecule has 0 spiro atoms. The van der Waals surface area contributed by atoms with E-state index in [0.29, 0.717) is 0 Å². The fourth-order valence-corrected chi connectivity index (χ4v) is 2.81. The minimum absolute atomic E-state index is 0. The van der Waals surface area contributed by atoms with Crippen LogP contribution in [0.15, 0.2) is 16.8 Å². The van der Waals surface area contributed by atoms with Crippen molar-refractivity contribution in [2.45, 2.75) is 34.6 Å². The Hall–Kier alpha value is -0.271. The number of dihydropyridines is 1. The van der Waals surface area contributed by atoms with Gasteiger partial charge in [-0.2, -0.15) is 0 Å². The molecular formula is C20H26FeN2+2. The van der Waals surface area contributed by atoms with Crippen LogP contribution in [0.3, 0.4) is 0 Å². The van der Waals surface area contributed by atoms with Gasteiger partial charge in [0.2, 0.25) is 0 Å². The molecule has 0 amide bonds. The van der Waals surface area contributed by atoms with E-state index in [2.05, 4.69) is 50.9 Å². The molecule has 122 valence electrons. The van der Waals surface area contributed by atoms with Crippen LogP contribution in [-0.4, -0.2) is 25.2 Å². The maximum absolute atomic E-state index is 4.26. The Labute approximate surface area is 154 Å². The zero-order valence-electron chi connectivity index (χ0n) is 15.1. The summed E-state index contributed by atoms with van der Waals surface area (Å²) in [6.07, 6.45) is 10.0. The summed E-state index contributed by atoms with van der Waals surface area (Å²) < 4.78 is 0. The molecule has 3 heteroatoms. The summed E-state index contributed by atoms with van der Waals surface area (Å²) in [5, 5.41) is 0. The number of nitrogens with zero attached hydrogens (tertiary/aromatic N) is 2. The SMILES string of the molecule is CN(C)C1=CC=N[C]2[CH][CH][CH][C]21.C[C]1[C](C)[C](C)[C](C)[C]1C.[Fe+2]. The smallest absolute Gasteiger partial charge is 0.380 e. The van der Waals surface area contributed by atoms with E-state index in [-0.39, 0.29) is 17.1 Å². The van der Waals surface area contributed by atoms with Crippen LogP contribution in [0.2, 0.25) is 0 Å². The summed E-state index contributed by atoms with van der Waals surface area (Å²) in [5.74, 6) is 8.56. The second-order valence-corrected chi connectivity index (χ2v) is 6.17. The van der Waals surface area contributed by atoms with Crippen molar-refractivity contribution in [3.05, 3.63) is 72.6 Å². The molecule has 10 radical (unpaired) electrons. The maximum atomic E-state index is 4.26. The Bertz CT molecular complexity index is 385. The zero-order chi connectivity index (χ0) is 16.4. The van der Waals surface area contributed by atoms with Crippen molar-refractivity contribution < 1.29 is 17.1 Å². The summed E-state index contributed by atoms with van der Waals surface area (Å²) in [7, 11) is 4.09. The van der Waals surface area contributed by atoms with E-state index in [4.69, 9.17) is 0 Å². The quantitative estimate of drug-likeness (QED) is 0.647. The minimum atomic E-state index is 0. The van der Waals surface area contributed by atoms with Crippen molar-refractivity contribution in [3.63, 3.8) is 0 Å². The molecule has 0 unspecified atom stereocenters. The van der Waals surface area contributed by atoms with Gasteiger partial charge in [-0.15, -0.1) is 0 Å². The predicted octanol–water partition coefficient (Wildman–Crippen LogP) is 4.22. The van der Waals surface area contributed by atoms with Crippen LogP contribution in [0.4, 0.5) is 0 Å². The molecule has 1 heterocycles. The van der Waals surface area contributed by atoms with Crippen LogP contribution >= 0.6 is 0 Å². The minimum Gasteiger partial charge on any atom is -0.380 e. The molecule has 2 fully saturated rings. The first kappa shape index (κ1) is 20.8. The van der Waals surface area contributed by atoms with Gasteiger partial charge in [0.05, 0.1) is 5.92 Å². The van der Waals surface area contributed by atoms with Crippen molar-refractivity contribution >= 4 is 6.21 Å². The van der Waals surface area contributed by atoms with E-state index in [1.54, 1.807) is 0 Å². The standard InChI is InChI=1S/C10H11N2.C10H15.Fe/c1-12(2)10-6-7-11-9-5-3-4-8(9)10;1-6-7(2)9(4)10(5)8(6)3;/h3-7H,1-2H3;1-5H3;/q;;+2. The van der Waals surface area contributed by atoms with E-state index in [9.17, 15) is 0 Å². The Balaban J connectivity index is 0.000000224. The van der Waals surface area contributed by atoms with E-state index in [1.165, 1.54) is 41.2 Å². The zero-order valence-corrected chi connectivity index (χ0v) is 16.2. The fourth-order valence-electron chi connectivity index (χ4n) is 2.81. The van der Waals surface area contributed by atoms with Crippen molar-refractivity contribution in [3.8, 4) is 0 Å². The summed E-state index contributed by atoms with van der Waals surface area (Å²) in [4.78, 5) is 6.36. The number of aliphatic imine (C=N–C) groups is 1. The summed E-state index contributed by atoms with van der Waals surface area (Å²) in [6.45, 7) is 11.0. The average Bonchev–Trinajstić information content (AvgIpc) is 3.05. The molecule has 0 aromatic heterocycles. The van der Waals surface area contributed by atoms with Gasteiger partial charge in [0.15, 0.2) is 0 Å². The first-order valence-corrected chi connectivity index (χ1v) is 7.72. The molecule has 0 saturated heterocycles. The van der Waals surface area contributed by atoms with Crippen molar-refractivity contribution in [1.82, 2.24) is 4.90 Å². The van der Waals surface area contributed by atoms with E-state index in [0.717, 1.165) is 6.04 Å². The third-order valence-corrected chi connectivity index (χ3v) is 4.81. The molecule has 23 heavy (non-hydrogen) atoms. The molecule has 1 aliphatic heterocycles. The van der Waals surface area contributed by atoms with Crippen LogP contribution in [0.1, 0.15) is 34.6 Å². The monoisotopic (exact) mass is 350 g/mol. The molecule has 0 atom stereocenters. The Morgan fingerprint density at radius 3 is 1.70 bits per heavy atom. The van der Waals surface area contributed by atoms with Crippen LogP contribution < -0.4 is 0 Å². The van der Waals surface area contributed by atoms with Crippen LogP contribution in [-0.2, 0) is 17.1 Å². The Morgan fingerprint density at radius 2 is 1.26 bits per heavy atom. The van der Waals surface area contributed by atoms with Crippen molar-refractivity contribution in [2.24, 2.45) is 4.99 Å². The van der Waals surface area contributed by atoms with Crippen LogP contribution in [0.25, 0.3) is 0 Å². The van der Waals surface area contributed by atoms with Crippen molar-refractivity contribution in [1.29, 1.82) is 0 Å². The van der Waals surface area contributed by atoms with Gasteiger partial charge in [-0.3, -0.25) is 4.99 Å². The van der Waals surface area contributed by atoms with Gasteiger partial charge in [-0.1, -0.05) is 34.6 Å². The van der Waals surface area contributed by atoms with Crippen molar-refractivity contribution in [2.75, 3.05) is 14.1 Å². The summed E-state index contributed by atoms with van der Waals surface area (Å²) >= 11 is 0. The van der Waals surface area contributed by atoms with Crippen LogP contribution in [0, 0.1) is 60.8 Å². The third kappa shape index (κ3) is 4.42. The molecule has 0 N–H and O–H groups in total. The largest absolute Gasteiger partial charge is 2.00 e. The maximum Gasteiger partial charge on any atom is 2.00 e. The Kier molecular flexibility index (Phi) is 7.87. The molecule has 3 rings (SSSR count). The number of fused-ring (bicyclic) bond motifs is 1. The summed E-state index contributed by atoms with van der Waals surface area (Å²) in [6, 6.07) is 1.07. The van der Waals surface area contributed by atoms with Gasteiger partial charge < -0.3 is 4.90 Å². The normalized spacial score (nSPS) is 24.9. The van der Waals surface area contributed by atoms with E-state index < -0.39 is 0 Å². The first-order valence-electron chi connectivity index (χ1n) is 7.72. The van der Waals surface area contributed by atoms with Gasteiger partial charge in [-0.25, -0.2) is 0 Å². The van der Waals surface area contributed by atoms with Gasteiger partial charge >= 0.3 is 17.1 Å². The molecule has 0 aromatic rings. The number of hydrogen-bond donors (Lipinski definition) is 0. The number of hydrogen-bond acceptors (Lipinski definition) is 2. The molecule has 2 saturated carbocycles. The fraction of sp³-hybridized carbons (Fsp3) is 0.350. The first-order chi connectivity index (χ1) is 10.3. The summed E-state index contributed by atoms with van der Waals surface area (Å²) in [5.41, 5.74) is 1.23. The van der Waals surface area contributed by atoms with Gasteiger partial charge in [0.1, 0.15) is 6.04 Å². The molecule has 2 nitrogen and oxygen atoms in total. The number of rotatable bonds is 1. The molecular weight excluding hydrogens is 324 g/mol. The molecule has 3 aliphatic rings. The van der Waals surface area contributed by atoms with Gasteiger partial charge in [0.25, 0.3) is 0 Å². The average molecular weight is 350 g/mol. The third-order valence-electron chi connectivity index (χ3n) is 4.81.